The molecule has 0 aliphatic carbocycles. The number of ketones is 1. The van der Waals surface area contributed by atoms with Gasteiger partial charge in [0.1, 0.15) is 5.71 Å². The van der Waals surface area contributed by atoms with Crippen molar-refractivity contribution in [2.45, 2.75) is 11.8 Å². The fourth-order valence-corrected chi connectivity index (χ4v) is 3.53. The first-order chi connectivity index (χ1) is 12.7. The molecule has 0 aromatic heterocycles. The lowest BCUT2D eigenvalue weighted by Gasteiger charge is -2.14. The smallest absolute Gasteiger partial charge is 0.337 e. The summed E-state index contributed by atoms with van der Waals surface area (Å²) in [5.74, 6) is -2.93. The second-order valence-corrected chi connectivity index (χ2v) is 7.27. The van der Waals surface area contributed by atoms with E-state index in [2.05, 4.69) is 9.82 Å². The third kappa shape index (κ3) is 3.42. The monoisotopic (exact) mass is 387 g/mol. The van der Waals surface area contributed by atoms with E-state index in [0.29, 0.717) is 0 Å². The summed E-state index contributed by atoms with van der Waals surface area (Å²) in [6, 6.07) is 10.8. The van der Waals surface area contributed by atoms with E-state index < -0.39 is 27.7 Å². The minimum Gasteiger partial charge on any atom is -0.478 e. The number of aromatic carboxylic acids is 1. The number of rotatable bonds is 5. The zero-order valence-corrected chi connectivity index (χ0v) is 14.7. The highest BCUT2D eigenvalue weighted by Crippen LogP contribution is 2.25. The topological polar surface area (TPSA) is 133 Å². The van der Waals surface area contributed by atoms with Crippen molar-refractivity contribution in [3.63, 3.8) is 0 Å². The van der Waals surface area contributed by atoms with Gasteiger partial charge < -0.3 is 5.11 Å². The van der Waals surface area contributed by atoms with Crippen molar-refractivity contribution in [2.75, 3.05) is 9.73 Å². The second kappa shape index (κ2) is 6.65. The molecule has 1 aliphatic heterocycles. The van der Waals surface area contributed by atoms with Crippen molar-refractivity contribution in [1.29, 1.82) is 0 Å². The molecule has 0 saturated heterocycles. The van der Waals surface area contributed by atoms with Crippen molar-refractivity contribution in [3.05, 3.63) is 54.1 Å². The predicted octanol–water partition coefficient (Wildman–Crippen LogP) is 1.48. The van der Waals surface area contributed by atoms with Crippen LogP contribution >= 0.6 is 0 Å². The summed E-state index contributed by atoms with van der Waals surface area (Å²) in [5.41, 5.74) is -0.212. The van der Waals surface area contributed by atoms with Crippen molar-refractivity contribution in [3.8, 4) is 0 Å². The number of benzene rings is 2. The molecule has 3 rings (SSSR count). The molecular formula is C17H13N3O6S. The van der Waals surface area contributed by atoms with Crippen molar-refractivity contribution < 1.29 is 27.9 Å². The summed E-state index contributed by atoms with van der Waals surface area (Å²) >= 11 is 0. The van der Waals surface area contributed by atoms with Gasteiger partial charge in [0.05, 0.1) is 21.8 Å². The average Bonchev–Trinajstić information content (AvgIpc) is 2.89. The van der Waals surface area contributed by atoms with Gasteiger partial charge in [-0.1, -0.05) is 18.2 Å². The quantitative estimate of drug-likeness (QED) is 0.747. The van der Waals surface area contributed by atoms with Crippen molar-refractivity contribution in [1.82, 2.24) is 0 Å². The maximum atomic E-state index is 12.6. The molecule has 0 atom stereocenters. The number of anilines is 2. The molecule has 0 bridgehead atoms. The fourth-order valence-electron chi connectivity index (χ4n) is 2.41. The number of hydrogen-bond donors (Lipinski definition) is 2. The van der Waals surface area contributed by atoms with Gasteiger partial charge in [0.2, 0.25) is 0 Å². The molecule has 0 fully saturated rings. The molecule has 9 nitrogen and oxygen atoms in total. The Balaban J connectivity index is 1.97. The number of carbonyl (C=O) groups excluding carboxylic acids is 2. The molecule has 0 saturated carbocycles. The van der Waals surface area contributed by atoms with Crippen LogP contribution in [0.15, 0.2) is 58.5 Å². The number of amides is 1. The lowest BCUT2D eigenvalue weighted by molar-refractivity contribution is -0.131. The van der Waals surface area contributed by atoms with E-state index >= 15 is 0 Å². The van der Waals surface area contributed by atoms with E-state index in [-0.39, 0.29) is 27.5 Å². The minimum absolute atomic E-state index is 0.00164. The normalized spacial score (nSPS) is 14.3. The molecule has 2 aromatic rings. The van der Waals surface area contributed by atoms with E-state index in [4.69, 9.17) is 0 Å². The Morgan fingerprint density at radius 2 is 1.81 bits per heavy atom. The summed E-state index contributed by atoms with van der Waals surface area (Å²) in [6.45, 7) is 1.38. The van der Waals surface area contributed by atoms with Gasteiger partial charge in [-0.15, -0.1) is 0 Å². The Kier molecular flexibility index (Phi) is 4.50. The highest BCUT2D eigenvalue weighted by atomic mass is 32.2. The first-order valence-electron chi connectivity index (χ1n) is 7.60. The van der Waals surface area contributed by atoms with Crippen LogP contribution in [0.1, 0.15) is 17.3 Å². The van der Waals surface area contributed by atoms with Gasteiger partial charge in [0, 0.05) is 0 Å². The molecular weight excluding hydrogens is 374 g/mol. The summed E-state index contributed by atoms with van der Waals surface area (Å²) in [7, 11) is -4.15. The van der Waals surface area contributed by atoms with Crippen LogP contribution in [0.3, 0.4) is 0 Å². The number of nitrogens with one attached hydrogen (secondary N) is 1. The maximum absolute atomic E-state index is 12.6. The number of nitrogens with zero attached hydrogens (tertiary/aromatic N) is 2. The van der Waals surface area contributed by atoms with E-state index in [1.165, 1.54) is 55.5 Å². The van der Waals surface area contributed by atoms with Gasteiger partial charge in [-0.3, -0.25) is 14.3 Å². The SMILES string of the molecule is CC1=NN(c2cccc(S(=O)(=O)Nc3ccccc3C(=O)O)c2)C(=O)C1=O. The number of hydrazone groups is 1. The number of carboxylic acid groups (broad SMARTS) is 1. The summed E-state index contributed by atoms with van der Waals surface area (Å²) in [4.78, 5) is 34.5. The number of carbonyl (C=O) groups is 3. The van der Waals surface area contributed by atoms with Gasteiger partial charge in [-0.25, -0.2) is 13.2 Å². The molecule has 1 amide bonds. The summed E-state index contributed by atoms with van der Waals surface area (Å²) < 4.78 is 27.5. The number of hydrogen-bond acceptors (Lipinski definition) is 6. The Labute approximate surface area is 154 Å². The highest BCUT2D eigenvalue weighted by molar-refractivity contribution is 7.92. The van der Waals surface area contributed by atoms with Gasteiger partial charge >= 0.3 is 11.9 Å². The van der Waals surface area contributed by atoms with Crippen LogP contribution in [0, 0.1) is 0 Å². The van der Waals surface area contributed by atoms with Gasteiger partial charge in [-0.05, 0) is 37.3 Å². The van der Waals surface area contributed by atoms with Crippen LogP contribution in [0.4, 0.5) is 11.4 Å². The van der Waals surface area contributed by atoms with E-state index in [1.807, 2.05) is 0 Å². The molecule has 138 valence electrons. The molecule has 10 heteroatoms. The lowest BCUT2D eigenvalue weighted by atomic mass is 10.2. The van der Waals surface area contributed by atoms with Crippen LogP contribution in [0.25, 0.3) is 0 Å². The standard InChI is InChI=1S/C17H13N3O6S/c1-10-15(21)16(22)20(18-10)11-5-4-6-12(9-11)27(25,26)19-14-8-3-2-7-13(14)17(23)24/h2-9,19H,1H3,(H,23,24). The molecule has 27 heavy (non-hydrogen) atoms. The van der Waals surface area contributed by atoms with Gasteiger partial charge in [0.15, 0.2) is 0 Å². The minimum atomic E-state index is -4.15. The van der Waals surface area contributed by atoms with Crippen LogP contribution in [-0.2, 0) is 19.6 Å². The third-order valence-electron chi connectivity index (χ3n) is 3.74. The number of sulfonamides is 1. The number of carboxylic acids is 1. The molecule has 1 aliphatic rings. The Morgan fingerprint density at radius 3 is 2.44 bits per heavy atom. The molecule has 2 aromatic carbocycles. The second-order valence-electron chi connectivity index (χ2n) is 5.59. The van der Waals surface area contributed by atoms with E-state index in [1.54, 1.807) is 0 Å². The van der Waals surface area contributed by atoms with Crippen LogP contribution in [0.5, 0.6) is 0 Å². The molecule has 1 heterocycles. The molecule has 0 spiro atoms. The first kappa shape index (κ1) is 18.3. The van der Waals surface area contributed by atoms with Gasteiger partial charge in [0.25, 0.3) is 15.8 Å². The molecule has 0 radical (unpaired) electrons. The van der Waals surface area contributed by atoms with Crippen LogP contribution in [-0.4, -0.2) is 36.9 Å². The Hall–Kier alpha value is -3.53. The van der Waals surface area contributed by atoms with Crippen molar-refractivity contribution >= 4 is 44.8 Å². The number of para-hydroxylation sites is 1. The zero-order valence-electron chi connectivity index (χ0n) is 13.9. The number of Topliss-reactive ketones (excluding diaryl/α,β-unsaturated/α-hetero) is 1. The van der Waals surface area contributed by atoms with Gasteiger partial charge in [-0.2, -0.15) is 10.1 Å². The third-order valence-corrected chi connectivity index (χ3v) is 5.10. The van der Waals surface area contributed by atoms with Crippen LogP contribution < -0.4 is 9.73 Å². The fraction of sp³-hybridized carbons (Fsp3) is 0.0588. The summed E-state index contributed by atoms with van der Waals surface area (Å²) in [6.07, 6.45) is 0. The lowest BCUT2D eigenvalue weighted by Crippen LogP contribution is -2.27. The van der Waals surface area contributed by atoms with E-state index in [0.717, 1.165) is 5.01 Å². The molecule has 2 N–H and O–H groups in total. The maximum Gasteiger partial charge on any atom is 0.337 e. The van der Waals surface area contributed by atoms with E-state index in [9.17, 15) is 27.9 Å². The Morgan fingerprint density at radius 1 is 1.11 bits per heavy atom. The first-order valence-corrected chi connectivity index (χ1v) is 9.08. The summed E-state index contributed by atoms with van der Waals surface area (Å²) in [5, 5.41) is 13.8. The predicted molar refractivity (Wildman–Crippen MR) is 96.3 cm³/mol. The largest absolute Gasteiger partial charge is 0.478 e. The average molecular weight is 387 g/mol. The molecule has 0 unspecified atom stereocenters. The van der Waals surface area contributed by atoms with Crippen molar-refractivity contribution in [2.24, 2.45) is 5.10 Å². The Bertz CT molecular complexity index is 1110. The highest BCUT2D eigenvalue weighted by Gasteiger charge is 2.32. The van der Waals surface area contributed by atoms with Crippen LogP contribution in [0.2, 0.25) is 0 Å². The zero-order chi connectivity index (χ0) is 19.8.